The minimum atomic E-state index is -1.66. The van der Waals surface area contributed by atoms with E-state index in [1.165, 1.54) is 18.2 Å². The molecule has 1 aromatic heterocycles. The minimum Gasteiger partial charge on any atom is -0.478 e. The number of carbonyl (C=O) groups is 2. The van der Waals surface area contributed by atoms with Crippen molar-refractivity contribution < 1.29 is 18.9 Å². The monoisotopic (exact) mass is 505 g/mol. The lowest BCUT2D eigenvalue weighted by atomic mass is 10.0. The van der Waals surface area contributed by atoms with Gasteiger partial charge in [0.1, 0.15) is 16.7 Å². The summed E-state index contributed by atoms with van der Waals surface area (Å²) in [4.78, 5) is 31.5. The molecule has 9 heteroatoms. The van der Waals surface area contributed by atoms with E-state index in [9.17, 15) is 18.9 Å². The number of pyridine rings is 1. The molecule has 4 rings (SSSR count). The number of benzene rings is 3. The molecule has 0 aliphatic rings. The lowest BCUT2D eigenvalue weighted by Gasteiger charge is -2.19. The highest BCUT2D eigenvalue weighted by Gasteiger charge is 2.18. The number of ketones is 1. The Balaban J connectivity index is 1.55. The number of rotatable bonds is 8. The average Bonchev–Trinajstić information content (AvgIpc) is 2.89. The molecule has 0 bridgehead atoms. The molecule has 0 spiro atoms. The fourth-order valence-electron chi connectivity index (χ4n) is 3.33. The fourth-order valence-corrected chi connectivity index (χ4v) is 4.36. The van der Waals surface area contributed by atoms with Crippen LogP contribution >= 0.6 is 11.6 Å². The summed E-state index contributed by atoms with van der Waals surface area (Å²) in [5, 5.41) is 10.3. The van der Waals surface area contributed by atoms with Crippen molar-refractivity contribution in [2.45, 2.75) is 4.90 Å². The molecule has 4 aromatic rings. The second-order valence-electron chi connectivity index (χ2n) is 7.52. The van der Waals surface area contributed by atoms with Crippen LogP contribution < -0.4 is 9.62 Å². The third-order valence-corrected chi connectivity index (χ3v) is 6.61. The fraction of sp³-hybridized carbons (Fsp3) is 0.0385. The summed E-state index contributed by atoms with van der Waals surface area (Å²) in [5.74, 6) is -1.68. The molecule has 0 fully saturated rings. The number of carboxylic acids is 1. The van der Waals surface area contributed by atoms with Crippen LogP contribution in [0.5, 0.6) is 0 Å². The predicted molar refractivity (Wildman–Crippen MR) is 137 cm³/mol. The topological polar surface area (TPSA) is 99.6 Å². The number of hydrogen-bond donors (Lipinski definition) is 2. The van der Waals surface area contributed by atoms with Gasteiger partial charge in [-0.1, -0.05) is 29.8 Å². The molecule has 0 saturated carbocycles. The van der Waals surface area contributed by atoms with Crippen LogP contribution in [0.2, 0.25) is 5.02 Å². The maximum Gasteiger partial charge on any atom is 0.337 e. The molecular weight excluding hydrogens is 486 g/mol. The van der Waals surface area contributed by atoms with E-state index >= 15 is 0 Å². The first-order valence-corrected chi connectivity index (χ1v) is 12.0. The van der Waals surface area contributed by atoms with E-state index in [1.807, 2.05) is 24.1 Å². The van der Waals surface area contributed by atoms with Gasteiger partial charge in [0.25, 0.3) is 0 Å². The average molecular weight is 506 g/mol. The Morgan fingerprint density at radius 2 is 1.63 bits per heavy atom. The Bertz CT molecular complexity index is 1390. The van der Waals surface area contributed by atoms with Gasteiger partial charge < -0.3 is 14.7 Å². The van der Waals surface area contributed by atoms with E-state index in [1.54, 1.807) is 60.8 Å². The lowest BCUT2D eigenvalue weighted by molar-refractivity contribution is 0.0698. The summed E-state index contributed by atoms with van der Waals surface area (Å²) in [6, 6.07) is 23.4. The molecule has 2 N–H and O–H groups in total. The van der Waals surface area contributed by atoms with Crippen molar-refractivity contribution in [3.63, 3.8) is 0 Å². The Hall–Kier alpha value is -4.01. The molecule has 1 unspecified atom stereocenters. The van der Waals surface area contributed by atoms with E-state index in [-0.39, 0.29) is 22.5 Å². The van der Waals surface area contributed by atoms with Gasteiger partial charge in [-0.15, -0.1) is 0 Å². The highest BCUT2D eigenvalue weighted by Crippen LogP contribution is 2.26. The molecule has 176 valence electrons. The Morgan fingerprint density at radius 3 is 2.26 bits per heavy atom. The summed E-state index contributed by atoms with van der Waals surface area (Å²) in [6.45, 7) is 0. The molecule has 1 atom stereocenters. The van der Waals surface area contributed by atoms with E-state index in [0.29, 0.717) is 9.92 Å². The SMILES string of the molecule is CN(c1ccc(Cl)cc1)c1ccc(C(=O)c2ccc(NS(=O)c3ccccc3)c(C(=O)O)c2)nc1. The standard InChI is InChI=1S/C26H20ClN3O4S/c1-30(19-10-8-18(27)9-11-19)20-12-14-24(28-16-20)25(31)17-7-13-23(22(15-17)26(32)33)29-35(34)21-5-3-2-4-6-21/h2-16,29H,1H3,(H,32,33). The van der Waals surface area contributed by atoms with Gasteiger partial charge in [-0.2, -0.15) is 0 Å². The van der Waals surface area contributed by atoms with Crippen molar-refractivity contribution in [3.8, 4) is 0 Å². The number of aromatic carboxylic acids is 1. The van der Waals surface area contributed by atoms with Crippen molar-refractivity contribution in [2.24, 2.45) is 0 Å². The summed E-state index contributed by atoms with van der Waals surface area (Å²) < 4.78 is 15.3. The number of hydrogen-bond acceptors (Lipinski definition) is 5. The Labute approximate surface area is 209 Å². The number of nitrogens with one attached hydrogen (secondary N) is 1. The van der Waals surface area contributed by atoms with E-state index < -0.39 is 22.7 Å². The van der Waals surface area contributed by atoms with E-state index in [0.717, 1.165) is 11.4 Å². The molecule has 0 radical (unpaired) electrons. The molecule has 0 amide bonds. The zero-order chi connectivity index (χ0) is 24.9. The van der Waals surface area contributed by atoms with Gasteiger partial charge in [-0.3, -0.25) is 9.78 Å². The van der Waals surface area contributed by atoms with Crippen LogP contribution in [0.3, 0.4) is 0 Å². The molecular formula is C26H20ClN3O4S. The molecule has 3 aromatic carbocycles. The normalized spacial score (nSPS) is 11.5. The first-order chi connectivity index (χ1) is 16.8. The van der Waals surface area contributed by atoms with Crippen molar-refractivity contribution in [1.82, 2.24) is 4.98 Å². The molecule has 7 nitrogen and oxygen atoms in total. The number of carbonyl (C=O) groups excluding carboxylic acids is 1. The number of anilines is 3. The number of aromatic nitrogens is 1. The van der Waals surface area contributed by atoms with Crippen LogP contribution in [0.1, 0.15) is 26.4 Å². The predicted octanol–water partition coefficient (Wildman–Crippen LogP) is 5.57. The van der Waals surface area contributed by atoms with Crippen molar-refractivity contribution in [3.05, 3.63) is 113 Å². The third kappa shape index (κ3) is 5.56. The van der Waals surface area contributed by atoms with Gasteiger partial charge in [0, 0.05) is 23.3 Å². The quantitative estimate of drug-likeness (QED) is 0.304. The van der Waals surface area contributed by atoms with E-state index in [2.05, 4.69) is 9.71 Å². The maximum absolute atomic E-state index is 13.0. The second kappa shape index (κ2) is 10.5. The maximum atomic E-state index is 13.0. The van der Waals surface area contributed by atoms with Gasteiger partial charge in [0.15, 0.2) is 0 Å². The van der Waals surface area contributed by atoms with E-state index in [4.69, 9.17) is 11.6 Å². The Kier molecular flexibility index (Phi) is 7.24. The van der Waals surface area contributed by atoms with Crippen LogP contribution in [-0.4, -0.2) is 33.1 Å². The number of halogens is 1. The lowest BCUT2D eigenvalue weighted by Crippen LogP contribution is -2.13. The smallest absolute Gasteiger partial charge is 0.337 e. The second-order valence-corrected chi connectivity index (χ2v) is 9.16. The third-order valence-electron chi connectivity index (χ3n) is 5.25. The minimum absolute atomic E-state index is 0.143. The summed E-state index contributed by atoms with van der Waals surface area (Å²) in [6.07, 6.45) is 1.57. The molecule has 35 heavy (non-hydrogen) atoms. The molecule has 0 aliphatic carbocycles. The molecule has 0 aliphatic heterocycles. The van der Waals surface area contributed by atoms with Gasteiger partial charge in [-0.25, -0.2) is 9.00 Å². The number of nitrogens with zero attached hydrogens (tertiary/aromatic N) is 2. The van der Waals surface area contributed by atoms with Crippen molar-refractivity contribution in [2.75, 3.05) is 16.7 Å². The summed E-state index contributed by atoms with van der Waals surface area (Å²) >= 11 is 5.95. The highest BCUT2D eigenvalue weighted by molar-refractivity contribution is 7.86. The first kappa shape index (κ1) is 24.1. The van der Waals surface area contributed by atoms with Gasteiger partial charge in [0.05, 0.1) is 28.0 Å². The van der Waals surface area contributed by atoms with Gasteiger partial charge in [-0.05, 0) is 66.7 Å². The molecule has 1 heterocycles. The van der Waals surface area contributed by atoms with Crippen LogP contribution in [0, 0.1) is 0 Å². The number of carboxylic acid groups (broad SMARTS) is 1. The van der Waals surface area contributed by atoms with Crippen LogP contribution in [-0.2, 0) is 11.0 Å². The van der Waals surface area contributed by atoms with Gasteiger partial charge >= 0.3 is 5.97 Å². The van der Waals surface area contributed by atoms with Crippen molar-refractivity contribution >= 4 is 51.4 Å². The van der Waals surface area contributed by atoms with Crippen LogP contribution in [0.15, 0.2) is 96.0 Å². The Morgan fingerprint density at radius 1 is 0.943 bits per heavy atom. The van der Waals surface area contributed by atoms with Crippen LogP contribution in [0.4, 0.5) is 17.1 Å². The molecule has 0 saturated heterocycles. The largest absolute Gasteiger partial charge is 0.478 e. The summed E-state index contributed by atoms with van der Waals surface area (Å²) in [5.41, 5.74) is 1.96. The first-order valence-electron chi connectivity index (χ1n) is 10.4. The van der Waals surface area contributed by atoms with Crippen LogP contribution in [0.25, 0.3) is 0 Å². The zero-order valence-corrected chi connectivity index (χ0v) is 20.1. The highest BCUT2D eigenvalue weighted by atomic mass is 35.5. The summed E-state index contributed by atoms with van der Waals surface area (Å²) in [7, 11) is 0.205. The van der Waals surface area contributed by atoms with Crippen molar-refractivity contribution in [1.29, 1.82) is 0 Å². The van der Waals surface area contributed by atoms with Gasteiger partial charge in [0.2, 0.25) is 5.78 Å². The zero-order valence-electron chi connectivity index (χ0n) is 18.5.